The highest BCUT2D eigenvalue weighted by molar-refractivity contribution is 7.89. The second-order valence-electron chi connectivity index (χ2n) is 5.05. The molecule has 5 nitrogen and oxygen atoms in total. The van der Waals surface area contributed by atoms with Crippen molar-refractivity contribution in [1.29, 1.82) is 0 Å². The van der Waals surface area contributed by atoms with E-state index < -0.39 is 21.9 Å². The maximum Gasteiger partial charge on any atom is 0.241 e. The molecule has 1 atom stereocenters. The average molecular weight is 304 g/mol. The van der Waals surface area contributed by atoms with E-state index in [9.17, 15) is 12.8 Å². The number of sulfonamides is 1. The van der Waals surface area contributed by atoms with Crippen molar-refractivity contribution in [3.63, 3.8) is 0 Å². The Kier molecular flexibility index (Phi) is 5.50. The second-order valence-corrected chi connectivity index (χ2v) is 6.76. The molecular weight excluding hydrogens is 283 g/mol. The minimum absolute atomic E-state index is 0.0392. The van der Waals surface area contributed by atoms with Gasteiger partial charge in [0.05, 0.1) is 11.5 Å². The van der Waals surface area contributed by atoms with Crippen LogP contribution in [0.2, 0.25) is 0 Å². The van der Waals surface area contributed by atoms with Gasteiger partial charge in [0, 0.05) is 24.4 Å². The van der Waals surface area contributed by atoms with Gasteiger partial charge >= 0.3 is 0 Å². The molecule has 0 saturated heterocycles. The average Bonchev–Trinajstić information content (AvgIpc) is 2.34. The lowest BCUT2D eigenvalue weighted by molar-refractivity contribution is 0.157. The smallest absolute Gasteiger partial charge is 0.241 e. The van der Waals surface area contributed by atoms with Gasteiger partial charge in [0.15, 0.2) is 0 Å². The van der Waals surface area contributed by atoms with Gasteiger partial charge in [-0.25, -0.2) is 17.5 Å². The maximum absolute atomic E-state index is 13.6. The molecule has 1 unspecified atom stereocenters. The van der Waals surface area contributed by atoms with E-state index >= 15 is 0 Å². The van der Waals surface area contributed by atoms with Crippen LogP contribution in [0.1, 0.15) is 19.4 Å². The lowest BCUT2D eigenvalue weighted by atomic mass is 10.1. The minimum Gasteiger partial charge on any atom is -0.398 e. The molecule has 7 heteroatoms. The van der Waals surface area contributed by atoms with E-state index in [0.29, 0.717) is 0 Å². The van der Waals surface area contributed by atoms with E-state index in [4.69, 9.17) is 10.5 Å². The fourth-order valence-corrected chi connectivity index (χ4v) is 3.05. The van der Waals surface area contributed by atoms with E-state index in [1.54, 1.807) is 0 Å². The van der Waals surface area contributed by atoms with Crippen molar-refractivity contribution >= 4 is 15.7 Å². The van der Waals surface area contributed by atoms with Crippen molar-refractivity contribution in [3.05, 3.63) is 23.5 Å². The number of halogens is 1. The van der Waals surface area contributed by atoms with Crippen molar-refractivity contribution in [2.45, 2.75) is 31.7 Å². The number of nitrogens with one attached hydrogen (secondary N) is 1. The summed E-state index contributed by atoms with van der Waals surface area (Å²) >= 11 is 0. The van der Waals surface area contributed by atoms with Crippen LogP contribution in [0, 0.1) is 18.7 Å². The van der Waals surface area contributed by atoms with Gasteiger partial charge in [0.25, 0.3) is 0 Å². The third kappa shape index (κ3) is 3.91. The zero-order chi connectivity index (χ0) is 15.5. The summed E-state index contributed by atoms with van der Waals surface area (Å²) in [4.78, 5) is -0.181. The Morgan fingerprint density at radius 1 is 1.40 bits per heavy atom. The molecule has 0 aliphatic carbocycles. The van der Waals surface area contributed by atoms with Crippen LogP contribution in [0.15, 0.2) is 17.0 Å². The largest absolute Gasteiger partial charge is 0.398 e. The number of hydrogen-bond acceptors (Lipinski definition) is 4. The molecule has 0 saturated carbocycles. The zero-order valence-electron chi connectivity index (χ0n) is 12.1. The Labute approximate surface area is 119 Å². The molecule has 0 heterocycles. The number of rotatable bonds is 6. The number of methoxy groups -OCH3 is 1. The highest BCUT2D eigenvalue weighted by Gasteiger charge is 2.23. The number of nitrogens with two attached hydrogens (primary N) is 1. The van der Waals surface area contributed by atoms with Gasteiger partial charge in [-0.05, 0) is 25.0 Å². The molecule has 0 radical (unpaired) electrons. The Balaban J connectivity index is 3.10. The van der Waals surface area contributed by atoms with Gasteiger partial charge < -0.3 is 10.5 Å². The molecule has 0 spiro atoms. The molecule has 0 aromatic heterocycles. The summed E-state index contributed by atoms with van der Waals surface area (Å²) in [6.45, 7) is 5.48. The van der Waals surface area contributed by atoms with Crippen LogP contribution in [0.5, 0.6) is 0 Å². The molecule has 0 fully saturated rings. The quantitative estimate of drug-likeness (QED) is 0.783. The fourth-order valence-electron chi connectivity index (χ4n) is 1.64. The van der Waals surface area contributed by atoms with E-state index in [0.717, 1.165) is 6.07 Å². The summed E-state index contributed by atoms with van der Waals surface area (Å²) < 4.78 is 45.6. The molecule has 0 aliphatic heterocycles. The Morgan fingerprint density at radius 2 is 2.00 bits per heavy atom. The first-order valence-corrected chi connectivity index (χ1v) is 7.74. The van der Waals surface area contributed by atoms with Gasteiger partial charge in [-0.1, -0.05) is 13.8 Å². The summed E-state index contributed by atoms with van der Waals surface area (Å²) in [5.74, 6) is -0.601. The number of ether oxygens (including phenoxy) is 1. The Hall–Kier alpha value is -1.18. The van der Waals surface area contributed by atoms with E-state index in [1.165, 1.54) is 20.1 Å². The number of anilines is 1. The topological polar surface area (TPSA) is 81.4 Å². The molecule has 0 bridgehead atoms. The summed E-state index contributed by atoms with van der Waals surface area (Å²) in [6, 6.07) is 1.83. The second kappa shape index (κ2) is 6.51. The van der Waals surface area contributed by atoms with Crippen LogP contribution in [0.25, 0.3) is 0 Å². The van der Waals surface area contributed by atoms with Gasteiger partial charge in [-0.15, -0.1) is 0 Å². The highest BCUT2D eigenvalue weighted by atomic mass is 32.2. The van der Waals surface area contributed by atoms with Crippen molar-refractivity contribution in [3.8, 4) is 0 Å². The lowest BCUT2D eigenvalue weighted by Gasteiger charge is -2.21. The van der Waals surface area contributed by atoms with Gasteiger partial charge in [-0.3, -0.25) is 0 Å². The zero-order valence-corrected chi connectivity index (χ0v) is 12.9. The van der Waals surface area contributed by atoms with Gasteiger partial charge in [-0.2, -0.15) is 0 Å². The molecule has 1 aromatic carbocycles. The predicted molar refractivity (Wildman–Crippen MR) is 76.4 cm³/mol. The molecule has 1 rings (SSSR count). The van der Waals surface area contributed by atoms with Crippen molar-refractivity contribution in [2.24, 2.45) is 5.92 Å². The first kappa shape index (κ1) is 16.9. The molecule has 20 heavy (non-hydrogen) atoms. The Morgan fingerprint density at radius 3 is 2.45 bits per heavy atom. The van der Waals surface area contributed by atoms with E-state index in [2.05, 4.69) is 4.72 Å². The summed E-state index contributed by atoms with van der Waals surface area (Å²) in [5.41, 5.74) is 5.96. The van der Waals surface area contributed by atoms with Crippen LogP contribution in [-0.2, 0) is 14.8 Å². The van der Waals surface area contributed by atoms with Gasteiger partial charge in [0.2, 0.25) is 10.0 Å². The molecule has 3 N–H and O–H groups in total. The summed E-state index contributed by atoms with van der Waals surface area (Å²) in [7, 11) is -2.35. The van der Waals surface area contributed by atoms with E-state index in [1.807, 2.05) is 13.8 Å². The number of benzene rings is 1. The van der Waals surface area contributed by atoms with Crippen LogP contribution >= 0.6 is 0 Å². The molecular formula is C13H21FN2O3S. The lowest BCUT2D eigenvalue weighted by Crippen LogP contribution is -2.41. The molecule has 0 aliphatic rings. The first-order valence-electron chi connectivity index (χ1n) is 6.26. The molecule has 0 amide bonds. The molecule has 1 aromatic rings. The van der Waals surface area contributed by atoms with Crippen LogP contribution in [-0.4, -0.2) is 28.2 Å². The Bertz CT molecular complexity index is 550. The summed E-state index contributed by atoms with van der Waals surface area (Å²) in [6.07, 6.45) is 0. The molecule has 114 valence electrons. The third-order valence-corrected chi connectivity index (χ3v) is 4.60. The van der Waals surface area contributed by atoms with Crippen LogP contribution in [0.4, 0.5) is 10.1 Å². The monoisotopic (exact) mass is 304 g/mol. The maximum atomic E-state index is 13.6. The standard InChI is InChI=1S/C13H21FN2O3S/c1-8(2)13(7-19-4)16-20(17,18)10-5-11(14)9(3)12(15)6-10/h5-6,8,13,16H,7,15H2,1-4H3. The van der Waals surface area contributed by atoms with Crippen LogP contribution < -0.4 is 10.5 Å². The fraction of sp³-hybridized carbons (Fsp3) is 0.538. The third-order valence-electron chi connectivity index (χ3n) is 3.13. The van der Waals surface area contributed by atoms with Crippen LogP contribution in [0.3, 0.4) is 0 Å². The number of hydrogen-bond donors (Lipinski definition) is 2. The van der Waals surface area contributed by atoms with Crippen molar-refractivity contribution < 1.29 is 17.5 Å². The summed E-state index contributed by atoms with van der Waals surface area (Å²) in [5, 5.41) is 0. The predicted octanol–water partition coefficient (Wildman–Crippen LogP) is 1.67. The first-order chi connectivity index (χ1) is 9.19. The number of nitrogen functional groups attached to an aromatic ring is 1. The van der Waals surface area contributed by atoms with Gasteiger partial charge in [0.1, 0.15) is 5.82 Å². The van der Waals surface area contributed by atoms with E-state index in [-0.39, 0.29) is 28.7 Å². The SMILES string of the molecule is COCC(NS(=O)(=O)c1cc(N)c(C)c(F)c1)C(C)C. The highest BCUT2D eigenvalue weighted by Crippen LogP contribution is 2.21. The normalized spacial score (nSPS) is 13.7. The minimum atomic E-state index is -3.84. The van der Waals surface area contributed by atoms with Crippen molar-refractivity contribution in [1.82, 2.24) is 4.72 Å². The van der Waals surface area contributed by atoms with Crippen molar-refractivity contribution in [2.75, 3.05) is 19.5 Å².